The Morgan fingerprint density at radius 2 is 1.40 bits per heavy atom. The van der Waals surface area contributed by atoms with Crippen molar-refractivity contribution in [2.75, 3.05) is 41.5 Å². The molecule has 0 aliphatic rings. The summed E-state index contributed by atoms with van der Waals surface area (Å²) in [6.07, 6.45) is 0.811. The fraction of sp³-hybridized carbons (Fsp3) is 0.364. The molecule has 0 radical (unpaired) electrons. The zero-order valence-electron chi connectivity index (χ0n) is 17.7. The summed E-state index contributed by atoms with van der Waals surface area (Å²) in [5.74, 6) is 1.99. The van der Waals surface area contributed by atoms with Crippen LogP contribution in [0.4, 0.5) is 0 Å². The number of hydrogen-bond acceptors (Lipinski definition) is 6. The molecule has 0 aromatic heterocycles. The highest BCUT2D eigenvalue weighted by Gasteiger charge is 2.14. The lowest BCUT2D eigenvalue weighted by Gasteiger charge is -2.14. The van der Waals surface area contributed by atoms with Crippen LogP contribution in [0.3, 0.4) is 0 Å². The van der Waals surface area contributed by atoms with E-state index < -0.39 is 0 Å². The van der Waals surface area contributed by atoms with Crippen molar-refractivity contribution in [2.45, 2.75) is 12.8 Å². The van der Waals surface area contributed by atoms with Crippen LogP contribution in [-0.4, -0.2) is 53.3 Å². The quantitative estimate of drug-likeness (QED) is 0.546. The minimum Gasteiger partial charge on any atom is -0.497 e. The normalized spacial score (nSPS) is 10.1. The Balaban J connectivity index is 1.76. The molecule has 0 aliphatic heterocycles. The summed E-state index contributed by atoms with van der Waals surface area (Å²) in [4.78, 5) is 24.2. The molecule has 0 unspecified atom stereocenters. The summed E-state index contributed by atoms with van der Waals surface area (Å²) < 4.78 is 21.0. The second kappa shape index (κ2) is 11.5. The standard InChI is InChI=1S/C22H28N2O6/c1-27-17-8-6-16(7-9-17)22(26)24-12-11-23-20(25)10-5-15-13-18(28-2)21(30-4)19(14-15)29-3/h6-9,13-14H,5,10-12H2,1-4H3,(H,23,25)(H,24,26). The first-order chi connectivity index (χ1) is 14.5. The van der Waals surface area contributed by atoms with Crippen molar-refractivity contribution in [1.82, 2.24) is 10.6 Å². The molecule has 0 bridgehead atoms. The average Bonchev–Trinajstić information content (AvgIpc) is 2.79. The molecule has 0 heterocycles. The molecule has 2 aromatic carbocycles. The molecule has 0 fully saturated rings. The van der Waals surface area contributed by atoms with Gasteiger partial charge in [-0.25, -0.2) is 0 Å². The first-order valence-electron chi connectivity index (χ1n) is 9.50. The van der Waals surface area contributed by atoms with Gasteiger partial charge in [0.15, 0.2) is 11.5 Å². The smallest absolute Gasteiger partial charge is 0.251 e. The van der Waals surface area contributed by atoms with Crippen LogP contribution in [-0.2, 0) is 11.2 Å². The summed E-state index contributed by atoms with van der Waals surface area (Å²) in [7, 11) is 6.21. The monoisotopic (exact) mass is 416 g/mol. The van der Waals surface area contributed by atoms with Gasteiger partial charge in [-0.1, -0.05) is 0 Å². The van der Waals surface area contributed by atoms with Crippen LogP contribution >= 0.6 is 0 Å². The molecule has 2 aromatic rings. The van der Waals surface area contributed by atoms with Crippen molar-refractivity contribution < 1.29 is 28.5 Å². The first kappa shape index (κ1) is 22.9. The number of hydrogen-bond donors (Lipinski definition) is 2. The van der Waals surface area contributed by atoms with E-state index in [1.54, 1.807) is 52.7 Å². The Hall–Kier alpha value is -3.42. The number of rotatable bonds is 11. The highest BCUT2D eigenvalue weighted by molar-refractivity contribution is 5.94. The van der Waals surface area contributed by atoms with E-state index in [1.165, 1.54) is 0 Å². The predicted molar refractivity (Wildman–Crippen MR) is 113 cm³/mol. The molecule has 0 atom stereocenters. The molecule has 162 valence electrons. The van der Waals surface area contributed by atoms with Crippen LogP contribution in [0.1, 0.15) is 22.3 Å². The van der Waals surface area contributed by atoms with Crippen LogP contribution in [0.2, 0.25) is 0 Å². The number of carbonyl (C=O) groups is 2. The zero-order chi connectivity index (χ0) is 21.9. The SMILES string of the molecule is COc1ccc(C(=O)NCCNC(=O)CCc2cc(OC)c(OC)c(OC)c2)cc1. The molecule has 8 nitrogen and oxygen atoms in total. The van der Waals surface area contributed by atoms with Crippen molar-refractivity contribution in [2.24, 2.45) is 0 Å². The summed E-state index contributed by atoms with van der Waals surface area (Å²) in [5, 5.41) is 5.56. The average molecular weight is 416 g/mol. The van der Waals surface area contributed by atoms with E-state index in [0.717, 1.165) is 5.56 Å². The Morgan fingerprint density at radius 1 is 0.800 bits per heavy atom. The largest absolute Gasteiger partial charge is 0.497 e. The van der Waals surface area contributed by atoms with Gasteiger partial charge in [-0.3, -0.25) is 9.59 Å². The number of ether oxygens (including phenoxy) is 4. The molecule has 2 amide bonds. The zero-order valence-corrected chi connectivity index (χ0v) is 17.7. The molecule has 2 rings (SSSR count). The third-order valence-corrected chi connectivity index (χ3v) is 4.45. The lowest BCUT2D eigenvalue weighted by atomic mass is 10.1. The second-order valence-corrected chi connectivity index (χ2v) is 6.37. The molecule has 30 heavy (non-hydrogen) atoms. The lowest BCUT2D eigenvalue weighted by Crippen LogP contribution is -2.34. The highest BCUT2D eigenvalue weighted by atomic mass is 16.5. The number of benzene rings is 2. The predicted octanol–water partition coefficient (Wildman–Crippen LogP) is 2.20. The van der Waals surface area contributed by atoms with Crippen molar-refractivity contribution >= 4 is 11.8 Å². The maximum absolute atomic E-state index is 12.1. The van der Waals surface area contributed by atoms with Gasteiger partial charge >= 0.3 is 0 Å². The summed E-state index contributed by atoms with van der Waals surface area (Å²) in [6, 6.07) is 10.5. The van der Waals surface area contributed by atoms with Gasteiger partial charge < -0.3 is 29.6 Å². The Morgan fingerprint density at radius 3 is 1.93 bits per heavy atom. The third kappa shape index (κ3) is 6.30. The number of amides is 2. The van der Waals surface area contributed by atoms with Crippen molar-refractivity contribution in [3.8, 4) is 23.0 Å². The van der Waals surface area contributed by atoms with Crippen LogP contribution in [0, 0.1) is 0 Å². The summed E-state index contributed by atoms with van der Waals surface area (Å²) in [5.41, 5.74) is 1.43. The fourth-order valence-corrected chi connectivity index (χ4v) is 2.85. The van der Waals surface area contributed by atoms with Gasteiger partial charge in [0, 0.05) is 25.1 Å². The number of carbonyl (C=O) groups excluding carboxylic acids is 2. The minimum absolute atomic E-state index is 0.109. The van der Waals surface area contributed by atoms with E-state index in [-0.39, 0.29) is 11.8 Å². The Labute approximate surface area is 176 Å². The number of nitrogens with one attached hydrogen (secondary N) is 2. The van der Waals surface area contributed by atoms with Gasteiger partial charge in [-0.15, -0.1) is 0 Å². The van der Waals surface area contributed by atoms with Crippen LogP contribution in [0.5, 0.6) is 23.0 Å². The van der Waals surface area contributed by atoms with Crippen molar-refractivity contribution in [1.29, 1.82) is 0 Å². The number of methoxy groups -OCH3 is 4. The topological polar surface area (TPSA) is 95.1 Å². The molecule has 8 heteroatoms. The van der Waals surface area contributed by atoms with Gasteiger partial charge in [-0.2, -0.15) is 0 Å². The summed E-state index contributed by atoms with van der Waals surface area (Å²) in [6.45, 7) is 0.677. The first-order valence-corrected chi connectivity index (χ1v) is 9.50. The minimum atomic E-state index is -0.204. The van der Waals surface area contributed by atoms with Crippen molar-refractivity contribution in [3.63, 3.8) is 0 Å². The highest BCUT2D eigenvalue weighted by Crippen LogP contribution is 2.38. The molecule has 0 saturated heterocycles. The summed E-state index contributed by atoms with van der Waals surface area (Å²) >= 11 is 0. The molecule has 0 aliphatic carbocycles. The van der Waals surface area contributed by atoms with Crippen LogP contribution < -0.4 is 29.6 Å². The maximum Gasteiger partial charge on any atom is 0.251 e. The molecular formula is C22H28N2O6. The van der Waals surface area contributed by atoms with E-state index >= 15 is 0 Å². The van der Waals surface area contributed by atoms with E-state index in [2.05, 4.69) is 10.6 Å². The molecule has 2 N–H and O–H groups in total. The van der Waals surface area contributed by atoms with Crippen LogP contribution in [0.25, 0.3) is 0 Å². The van der Waals surface area contributed by atoms with E-state index in [9.17, 15) is 9.59 Å². The van der Waals surface area contributed by atoms with Gasteiger partial charge in [0.05, 0.1) is 28.4 Å². The van der Waals surface area contributed by atoms with Crippen LogP contribution in [0.15, 0.2) is 36.4 Å². The third-order valence-electron chi connectivity index (χ3n) is 4.45. The fourth-order valence-electron chi connectivity index (χ4n) is 2.85. The lowest BCUT2D eigenvalue weighted by molar-refractivity contribution is -0.121. The second-order valence-electron chi connectivity index (χ2n) is 6.37. The van der Waals surface area contributed by atoms with Gasteiger partial charge in [-0.05, 0) is 48.4 Å². The van der Waals surface area contributed by atoms with Gasteiger partial charge in [0.25, 0.3) is 5.91 Å². The maximum atomic E-state index is 12.1. The Bertz CT molecular complexity index is 826. The van der Waals surface area contributed by atoms with Gasteiger partial charge in [0.1, 0.15) is 5.75 Å². The Kier molecular flexibility index (Phi) is 8.80. The van der Waals surface area contributed by atoms with E-state index in [0.29, 0.717) is 54.5 Å². The molecule has 0 saturated carbocycles. The van der Waals surface area contributed by atoms with Gasteiger partial charge in [0.2, 0.25) is 11.7 Å². The number of aryl methyl sites for hydroxylation is 1. The van der Waals surface area contributed by atoms with E-state index in [4.69, 9.17) is 18.9 Å². The molecule has 0 spiro atoms. The van der Waals surface area contributed by atoms with Crippen molar-refractivity contribution in [3.05, 3.63) is 47.5 Å². The van der Waals surface area contributed by atoms with E-state index in [1.807, 2.05) is 12.1 Å². The molecular weight excluding hydrogens is 388 g/mol.